The molecular formula is C17H18O2. The van der Waals surface area contributed by atoms with Crippen LogP contribution in [-0.4, -0.2) is 12.4 Å². The molecule has 0 bridgehead atoms. The van der Waals surface area contributed by atoms with Gasteiger partial charge in [0.15, 0.2) is 5.78 Å². The standard InChI is InChI=1S/C17H18O2/c1-3-13-7-5-6-8-16(13)17(18)14-9-11-15(12-10-14)19-4-2/h5-12H,3-4H2,1-2H3. The van der Waals surface area contributed by atoms with Crippen molar-refractivity contribution in [3.63, 3.8) is 0 Å². The van der Waals surface area contributed by atoms with Crippen LogP contribution in [0.5, 0.6) is 5.75 Å². The Morgan fingerprint density at radius 1 is 1.00 bits per heavy atom. The Balaban J connectivity index is 2.28. The third-order valence-electron chi connectivity index (χ3n) is 3.07. The van der Waals surface area contributed by atoms with Crippen molar-refractivity contribution < 1.29 is 9.53 Å². The number of benzene rings is 2. The van der Waals surface area contributed by atoms with E-state index in [-0.39, 0.29) is 5.78 Å². The molecule has 2 rings (SSSR count). The topological polar surface area (TPSA) is 26.3 Å². The van der Waals surface area contributed by atoms with Crippen molar-refractivity contribution in [3.05, 3.63) is 65.2 Å². The molecule has 0 unspecified atom stereocenters. The molecule has 0 aromatic heterocycles. The third-order valence-corrected chi connectivity index (χ3v) is 3.07. The van der Waals surface area contributed by atoms with Gasteiger partial charge in [0, 0.05) is 11.1 Å². The first kappa shape index (κ1) is 13.3. The average molecular weight is 254 g/mol. The first-order chi connectivity index (χ1) is 9.26. The number of aryl methyl sites for hydroxylation is 1. The predicted molar refractivity (Wildman–Crippen MR) is 76.9 cm³/mol. The molecule has 0 aliphatic heterocycles. The first-order valence-electron chi connectivity index (χ1n) is 6.61. The molecular weight excluding hydrogens is 236 g/mol. The SMILES string of the molecule is CCOc1ccc(C(=O)c2ccccc2CC)cc1. The maximum atomic E-state index is 12.5. The van der Waals surface area contributed by atoms with E-state index in [0.717, 1.165) is 23.3 Å². The van der Waals surface area contributed by atoms with Gasteiger partial charge in [-0.25, -0.2) is 0 Å². The lowest BCUT2D eigenvalue weighted by atomic mass is 9.97. The molecule has 0 radical (unpaired) electrons. The Labute approximate surface area is 114 Å². The quantitative estimate of drug-likeness (QED) is 0.757. The highest BCUT2D eigenvalue weighted by molar-refractivity contribution is 6.09. The number of ether oxygens (including phenoxy) is 1. The average Bonchev–Trinajstić information content (AvgIpc) is 2.47. The molecule has 0 heterocycles. The summed E-state index contributed by atoms with van der Waals surface area (Å²) in [5, 5.41) is 0. The lowest BCUT2D eigenvalue weighted by molar-refractivity contribution is 0.103. The third kappa shape index (κ3) is 3.02. The largest absolute Gasteiger partial charge is 0.494 e. The van der Waals surface area contributed by atoms with E-state index in [1.807, 2.05) is 55.5 Å². The normalized spacial score (nSPS) is 10.2. The molecule has 2 nitrogen and oxygen atoms in total. The van der Waals surface area contributed by atoms with Gasteiger partial charge in [-0.05, 0) is 43.2 Å². The molecule has 0 aliphatic rings. The second-order valence-electron chi connectivity index (χ2n) is 4.30. The van der Waals surface area contributed by atoms with Crippen LogP contribution in [0.2, 0.25) is 0 Å². The smallest absolute Gasteiger partial charge is 0.193 e. The number of carbonyl (C=O) groups excluding carboxylic acids is 1. The summed E-state index contributed by atoms with van der Waals surface area (Å²) in [7, 11) is 0. The Morgan fingerprint density at radius 2 is 1.68 bits per heavy atom. The minimum atomic E-state index is 0.0699. The van der Waals surface area contributed by atoms with Gasteiger partial charge in [-0.15, -0.1) is 0 Å². The van der Waals surface area contributed by atoms with E-state index in [9.17, 15) is 4.79 Å². The summed E-state index contributed by atoms with van der Waals surface area (Å²) < 4.78 is 5.38. The van der Waals surface area contributed by atoms with Crippen LogP contribution in [0.15, 0.2) is 48.5 Å². The molecule has 2 aromatic rings. The molecule has 0 amide bonds. The van der Waals surface area contributed by atoms with E-state index in [4.69, 9.17) is 4.74 Å². The highest BCUT2D eigenvalue weighted by Crippen LogP contribution is 2.18. The van der Waals surface area contributed by atoms with E-state index >= 15 is 0 Å². The monoisotopic (exact) mass is 254 g/mol. The van der Waals surface area contributed by atoms with Gasteiger partial charge in [0.2, 0.25) is 0 Å². The maximum Gasteiger partial charge on any atom is 0.193 e. The first-order valence-corrected chi connectivity index (χ1v) is 6.61. The van der Waals surface area contributed by atoms with E-state index in [1.165, 1.54) is 0 Å². The fraction of sp³-hybridized carbons (Fsp3) is 0.235. The summed E-state index contributed by atoms with van der Waals surface area (Å²) in [6.07, 6.45) is 0.860. The summed E-state index contributed by atoms with van der Waals surface area (Å²) >= 11 is 0. The fourth-order valence-corrected chi connectivity index (χ4v) is 2.07. The van der Waals surface area contributed by atoms with Crippen LogP contribution in [-0.2, 0) is 6.42 Å². The molecule has 2 heteroatoms. The molecule has 19 heavy (non-hydrogen) atoms. The maximum absolute atomic E-state index is 12.5. The molecule has 0 N–H and O–H groups in total. The van der Waals surface area contributed by atoms with Crippen molar-refractivity contribution in [2.75, 3.05) is 6.61 Å². The molecule has 98 valence electrons. The van der Waals surface area contributed by atoms with Gasteiger partial charge in [0.1, 0.15) is 5.75 Å². The van der Waals surface area contributed by atoms with Gasteiger partial charge in [0.05, 0.1) is 6.61 Å². The van der Waals surface area contributed by atoms with Gasteiger partial charge in [-0.3, -0.25) is 4.79 Å². The predicted octanol–water partition coefficient (Wildman–Crippen LogP) is 3.88. The van der Waals surface area contributed by atoms with E-state index in [1.54, 1.807) is 0 Å². The zero-order valence-corrected chi connectivity index (χ0v) is 11.3. The minimum absolute atomic E-state index is 0.0699. The Hall–Kier alpha value is -2.09. The van der Waals surface area contributed by atoms with Gasteiger partial charge >= 0.3 is 0 Å². The van der Waals surface area contributed by atoms with E-state index in [0.29, 0.717) is 12.2 Å². The van der Waals surface area contributed by atoms with Crippen molar-refractivity contribution in [2.45, 2.75) is 20.3 Å². The van der Waals surface area contributed by atoms with Crippen LogP contribution < -0.4 is 4.74 Å². The Morgan fingerprint density at radius 3 is 2.32 bits per heavy atom. The van der Waals surface area contributed by atoms with Crippen LogP contribution in [0.1, 0.15) is 35.3 Å². The van der Waals surface area contributed by atoms with Gasteiger partial charge in [-0.2, -0.15) is 0 Å². The van der Waals surface area contributed by atoms with Crippen molar-refractivity contribution in [3.8, 4) is 5.75 Å². The molecule has 0 aliphatic carbocycles. The van der Waals surface area contributed by atoms with Crippen molar-refractivity contribution in [1.82, 2.24) is 0 Å². The number of rotatable bonds is 5. The highest BCUT2D eigenvalue weighted by Gasteiger charge is 2.12. The molecule has 0 saturated heterocycles. The molecule has 0 fully saturated rings. The van der Waals surface area contributed by atoms with Crippen LogP contribution in [0.25, 0.3) is 0 Å². The summed E-state index contributed by atoms with van der Waals surface area (Å²) in [6, 6.07) is 15.1. The zero-order valence-electron chi connectivity index (χ0n) is 11.3. The van der Waals surface area contributed by atoms with Gasteiger partial charge in [-0.1, -0.05) is 31.2 Å². The number of hydrogen-bond acceptors (Lipinski definition) is 2. The van der Waals surface area contributed by atoms with Crippen LogP contribution in [0, 0.1) is 0 Å². The second kappa shape index (κ2) is 6.19. The number of hydrogen-bond donors (Lipinski definition) is 0. The van der Waals surface area contributed by atoms with Crippen LogP contribution >= 0.6 is 0 Å². The van der Waals surface area contributed by atoms with E-state index < -0.39 is 0 Å². The van der Waals surface area contributed by atoms with E-state index in [2.05, 4.69) is 6.92 Å². The lowest BCUT2D eigenvalue weighted by Crippen LogP contribution is -2.05. The fourth-order valence-electron chi connectivity index (χ4n) is 2.07. The van der Waals surface area contributed by atoms with Gasteiger partial charge in [0.25, 0.3) is 0 Å². The summed E-state index contributed by atoms with van der Waals surface area (Å²) in [4.78, 5) is 12.5. The van der Waals surface area contributed by atoms with Crippen LogP contribution in [0.4, 0.5) is 0 Å². The summed E-state index contributed by atoms with van der Waals surface area (Å²) in [5.41, 5.74) is 2.57. The summed E-state index contributed by atoms with van der Waals surface area (Å²) in [5.74, 6) is 0.864. The molecule has 0 saturated carbocycles. The van der Waals surface area contributed by atoms with Crippen molar-refractivity contribution in [2.24, 2.45) is 0 Å². The molecule has 0 spiro atoms. The van der Waals surface area contributed by atoms with Crippen LogP contribution in [0.3, 0.4) is 0 Å². The van der Waals surface area contributed by atoms with Crippen molar-refractivity contribution >= 4 is 5.78 Å². The highest BCUT2D eigenvalue weighted by atomic mass is 16.5. The zero-order chi connectivity index (χ0) is 13.7. The Kier molecular flexibility index (Phi) is 4.35. The minimum Gasteiger partial charge on any atom is -0.494 e. The second-order valence-corrected chi connectivity index (χ2v) is 4.30. The molecule has 0 atom stereocenters. The lowest BCUT2D eigenvalue weighted by Gasteiger charge is -2.08. The summed E-state index contributed by atoms with van der Waals surface area (Å²) in [6.45, 7) is 4.63. The molecule has 2 aromatic carbocycles. The number of carbonyl (C=O) groups is 1. The number of ketones is 1. The van der Waals surface area contributed by atoms with Gasteiger partial charge < -0.3 is 4.74 Å². The van der Waals surface area contributed by atoms with Crippen molar-refractivity contribution in [1.29, 1.82) is 0 Å². The Bertz CT molecular complexity index is 556.